The van der Waals surface area contributed by atoms with Gasteiger partial charge >= 0.3 is 5.97 Å². The lowest BCUT2D eigenvalue weighted by molar-refractivity contribution is -0.142. The number of rotatable bonds is 8. The van der Waals surface area contributed by atoms with Gasteiger partial charge in [0, 0.05) is 65.4 Å². The molecule has 30 heteroatoms. The summed E-state index contributed by atoms with van der Waals surface area (Å²) in [4.78, 5) is 158. The molecule has 5 heterocycles. The fraction of sp³-hybridized carbons (Fsp3) is 0.646. The molecule has 1 aromatic rings. The summed E-state index contributed by atoms with van der Waals surface area (Å²) in [5.74, 6) is -10.2. The van der Waals surface area contributed by atoms with Crippen LogP contribution in [0.15, 0.2) is 24.3 Å². The van der Waals surface area contributed by atoms with Gasteiger partial charge in [0.1, 0.15) is 29.9 Å². The number of fused-ring (bicyclic) bond motifs is 9. The van der Waals surface area contributed by atoms with E-state index in [1.54, 1.807) is 19.1 Å². The highest BCUT2D eigenvalue weighted by Crippen LogP contribution is 2.34. The van der Waals surface area contributed by atoms with Gasteiger partial charge in [-0.05, 0) is 57.2 Å². The third-order valence-corrected chi connectivity index (χ3v) is 21.4. The number of nitrogens with one attached hydrogen (secondary N) is 7. The van der Waals surface area contributed by atoms with Gasteiger partial charge in [0.15, 0.2) is 17.3 Å². The van der Waals surface area contributed by atoms with Gasteiger partial charge in [-0.1, -0.05) is 83.8 Å². The van der Waals surface area contributed by atoms with Crippen molar-refractivity contribution in [3.63, 3.8) is 0 Å². The van der Waals surface area contributed by atoms with Gasteiger partial charge < -0.3 is 57.4 Å². The maximum atomic E-state index is 15.7. The maximum absolute atomic E-state index is 15.7. The molecule has 0 spiro atoms. The summed E-state index contributed by atoms with van der Waals surface area (Å²) in [5.41, 5.74) is 6.32. The number of aliphatic hydroxyl groups is 1. The Morgan fingerprint density at radius 1 is 0.718 bits per heavy atom. The van der Waals surface area contributed by atoms with Crippen molar-refractivity contribution in [1.82, 2.24) is 47.0 Å². The Morgan fingerprint density at radius 2 is 1.36 bits per heavy atom. The van der Waals surface area contributed by atoms with Gasteiger partial charge in [0.05, 0.1) is 55.9 Å². The van der Waals surface area contributed by atoms with Crippen LogP contribution < -0.4 is 43.0 Å². The number of aliphatic hydroxyl groups excluding tert-OH is 1. The minimum atomic E-state index is -1.58. The lowest BCUT2D eigenvalue weighted by atomic mass is 9.89. The fourth-order valence-corrected chi connectivity index (χ4v) is 17.1. The number of carboxylic acids is 1. The summed E-state index contributed by atoms with van der Waals surface area (Å²) in [6.07, 6.45) is -2.72. The number of carbonyl (C=O) groups excluding carboxylic acids is 10. The Labute approximate surface area is 475 Å². The quantitative estimate of drug-likeness (QED) is 0.133. The molecule has 6 rings (SSSR count). The molecule has 7 unspecified atom stereocenters. The molecule has 78 heavy (non-hydrogen) atoms. The van der Waals surface area contributed by atoms with Crippen molar-refractivity contribution in [2.24, 2.45) is 17.6 Å². The molecule has 24 nitrogen and oxygen atoms in total. The largest absolute Gasteiger partial charge is 0.508 e. The Bertz CT molecular complexity index is 2400. The summed E-state index contributed by atoms with van der Waals surface area (Å²) in [5, 5.41) is 51.2. The number of carbonyl (C=O) groups is 11. The number of aliphatic carboxylic acids is 1. The predicted octanol–water partition coefficient (Wildman–Crippen LogP) is -1.44. The second-order valence-corrected chi connectivity index (χ2v) is 27.4. The van der Waals surface area contributed by atoms with E-state index >= 15 is 4.79 Å². The van der Waals surface area contributed by atoms with E-state index in [0.29, 0.717) is 12.0 Å². The number of phenolic OH excluding ortho intramolecular Hbond substituents is 1. The van der Waals surface area contributed by atoms with Gasteiger partial charge in [0.25, 0.3) is 0 Å². The van der Waals surface area contributed by atoms with Gasteiger partial charge in [-0.2, -0.15) is 0 Å². The van der Waals surface area contributed by atoms with Gasteiger partial charge in [-0.25, -0.2) is 0 Å². The highest BCUT2D eigenvalue weighted by atomic mass is 33.1. The first kappa shape index (κ1) is 62.9. The normalized spacial score (nSPS) is 31.8. The average molecular weight is 1200 g/mol. The number of nitrogens with zero attached hydrogens (tertiary/aromatic N) is 2. The van der Waals surface area contributed by atoms with Crippen LogP contribution in [0, 0.1) is 11.8 Å². The van der Waals surface area contributed by atoms with Crippen molar-refractivity contribution in [2.45, 2.75) is 126 Å². The Kier molecular flexibility index (Phi) is 24.2. The van der Waals surface area contributed by atoms with Crippen molar-refractivity contribution >= 4 is 129 Å². The van der Waals surface area contributed by atoms with Crippen LogP contribution in [-0.2, 0) is 59.2 Å². The van der Waals surface area contributed by atoms with E-state index in [1.165, 1.54) is 79.0 Å². The van der Waals surface area contributed by atoms with Crippen LogP contribution in [0.5, 0.6) is 5.75 Å². The molecule has 0 aliphatic carbocycles. The van der Waals surface area contributed by atoms with Crippen LogP contribution in [-0.4, -0.2) is 211 Å². The summed E-state index contributed by atoms with van der Waals surface area (Å²) < 4.78 is 0. The van der Waals surface area contributed by atoms with Gasteiger partial charge in [-0.3, -0.25) is 63.4 Å². The number of phenols is 1. The highest BCUT2D eigenvalue weighted by Gasteiger charge is 2.45. The van der Waals surface area contributed by atoms with Crippen molar-refractivity contribution in [3.05, 3.63) is 29.8 Å². The average Bonchev–Trinajstić information content (AvgIpc) is 4.05. The molecule has 0 saturated carbocycles. The zero-order valence-electron chi connectivity index (χ0n) is 43.2. The predicted molar refractivity (Wildman–Crippen MR) is 300 cm³/mol. The van der Waals surface area contributed by atoms with E-state index in [9.17, 15) is 63.3 Å². The third kappa shape index (κ3) is 17.4. The number of amides is 7. The van der Waals surface area contributed by atoms with Crippen molar-refractivity contribution in [2.75, 3.05) is 54.3 Å². The van der Waals surface area contributed by atoms with E-state index in [0.717, 1.165) is 21.6 Å². The number of Topliss-reactive ketones (excluding diaryl/α,β-unsaturated/α-hetero) is 3. The third-order valence-electron chi connectivity index (χ3n) is 13.9. The van der Waals surface area contributed by atoms with Crippen molar-refractivity contribution in [3.8, 4) is 5.75 Å². The van der Waals surface area contributed by atoms with E-state index < -0.39 is 163 Å². The monoisotopic (exact) mass is 1200 g/mol. The number of benzene rings is 1. The van der Waals surface area contributed by atoms with Crippen molar-refractivity contribution < 1.29 is 68.1 Å². The van der Waals surface area contributed by atoms with Gasteiger partial charge in [0.2, 0.25) is 41.4 Å². The molecule has 13 atom stereocenters. The van der Waals surface area contributed by atoms with Crippen LogP contribution in [0.2, 0.25) is 0 Å². The first-order valence-electron chi connectivity index (χ1n) is 25.5. The van der Waals surface area contributed by atoms with E-state index in [4.69, 9.17) is 5.73 Å². The molecule has 1 aromatic carbocycles. The fourth-order valence-electron chi connectivity index (χ4n) is 9.39. The number of ketones is 3. The zero-order valence-corrected chi connectivity index (χ0v) is 48.1. The molecule has 0 radical (unpaired) electrons. The molecular formula is C48H68N10O14S6. The van der Waals surface area contributed by atoms with E-state index in [2.05, 4.69) is 37.2 Å². The van der Waals surface area contributed by atoms with Crippen LogP contribution in [0.1, 0.15) is 58.4 Å². The summed E-state index contributed by atoms with van der Waals surface area (Å²) in [6, 6.07) is -6.97. The topological polar surface area (TPSA) is 365 Å². The molecule has 5 aliphatic rings. The number of aromatic hydroxyl groups is 1. The molecule has 5 aliphatic heterocycles. The SMILES string of the molecule is CC1CSSCC2C(=O)[C@H](Cc3ccc(O)cc3)NC(=O)[C@H](CCC(=O)O)NC(=O)C3CSSCC(N[C@@H]([C@@H](C)O)C(=O)NCC1=O)C(=O)C(C)NC(=O)[C@@H]1CCCN1C(=O)[C@H](CC(N)=O)NC2CSSCC1NCN3C1=O. The Morgan fingerprint density at radius 3 is 2.05 bits per heavy atom. The molecule has 430 valence electrons. The number of hydrogen-bond acceptors (Lipinski definition) is 22. The first-order valence-corrected chi connectivity index (χ1v) is 32.9. The molecule has 7 amide bonds. The molecular weight excluding hydrogens is 1130 g/mol. The standard InChI is InChI=1S/C48H68N10O14S6/c1-23-16-73-74-17-28-32-18-75-77-20-34-48(72)58(22-51-34)36(45(69)55-29(10-11-39(63)64)43(67)56-30(42(28)66)13-26-6-8-27(60)9-7-26)21-78-76-19-33(54-40(25(3)59)46(70)50-15-37(23)61)41(65)24(2)52-44(68)35-5-4-12-57(35)47(71)31(53-32)14-38(49)62/h6-9,23-25,28-36,40,51,53-54,59-60H,4-5,10-22H2,1-3H3,(H2,49,62)(H,50,70)(H,52,68)(H,55,69)(H,56,67)(H,63,64)/t23?,24?,25-,28?,29+,30+,31+,32?,33?,34?,35+,36?,40+/m1/s1. The Hall–Kier alpha value is -4.27. The Balaban J connectivity index is 1.57. The molecule has 5 fully saturated rings. The lowest BCUT2D eigenvalue weighted by Crippen LogP contribution is -2.61. The molecule has 12 N–H and O–H groups in total. The van der Waals surface area contributed by atoms with Crippen LogP contribution in [0.25, 0.3) is 0 Å². The van der Waals surface area contributed by atoms with E-state index in [1.807, 2.05) is 0 Å². The lowest BCUT2D eigenvalue weighted by Gasteiger charge is -2.35. The summed E-state index contributed by atoms with van der Waals surface area (Å²) >= 11 is 0. The molecule has 5 bridgehead atoms. The molecule has 0 aromatic heterocycles. The number of carboxylic acid groups (broad SMARTS) is 1. The second kappa shape index (κ2) is 30.0. The maximum Gasteiger partial charge on any atom is 0.303 e. The molecule has 5 saturated heterocycles. The van der Waals surface area contributed by atoms with Crippen LogP contribution >= 0.6 is 64.8 Å². The summed E-state index contributed by atoms with van der Waals surface area (Å²) in [6.45, 7) is 3.89. The van der Waals surface area contributed by atoms with Crippen LogP contribution in [0.3, 0.4) is 0 Å². The van der Waals surface area contributed by atoms with E-state index in [-0.39, 0.29) is 72.1 Å². The minimum Gasteiger partial charge on any atom is -0.508 e. The number of primary amides is 1. The zero-order chi connectivity index (χ0) is 56.8. The first-order chi connectivity index (χ1) is 37.1. The summed E-state index contributed by atoms with van der Waals surface area (Å²) in [7, 11) is 7.03. The van der Waals surface area contributed by atoms with Crippen LogP contribution in [0.4, 0.5) is 0 Å². The second-order valence-electron chi connectivity index (χ2n) is 19.7. The minimum absolute atomic E-state index is 0.0257. The highest BCUT2D eigenvalue weighted by molar-refractivity contribution is 8.77. The number of hydrogen-bond donors (Lipinski definition) is 11. The van der Waals surface area contributed by atoms with Gasteiger partial charge in [-0.15, -0.1) is 0 Å². The van der Waals surface area contributed by atoms with Crippen molar-refractivity contribution in [1.29, 1.82) is 0 Å². The number of nitrogens with two attached hydrogens (primary N) is 1. The smallest absolute Gasteiger partial charge is 0.303 e.